The summed E-state index contributed by atoms with van der Waals surface area (Å²) >= 11 is 0. The Labute approximate surface area is 451 Å². The first-order valence-corrected chi connectivity index (χ1v) is 25.5. The zero-order valence-corrected chi connectivity index (χ0v) is 47.3. The molecule has 1 saturated heterocycles. The SMILES string of the molecule is C1CCOC1.CCOP(=O)(CC(=O)N(C(C)C)C(C)C)OCC.COc1ccc(C(F)(F)F)cc1C(=CC(=O)N(C(C)C)C(C)C)c1ccccc1.COc1ccc(C(F)(F)F)cc1C(=O)c1ccccc1.[H-].[Na+]. The van der Waals surface area contributed by atoms with Gasteiger partial charge in [0.05, 0.1) is 44.1 Å². The van der Waals surface area contributed by atoms with Gasteiger partial charge in [0.2, 0.25) is 11.8 Å². The van der Waals surface area contributed by atoms with E-state index in [4.69, 9.17) is 23.3 Å². The molecule has 0 radical (unpaired) electrons. The van der Waals surface area contributed by atoms with Crippen molar-refractivity contribution in [1.82, 2.24) is 9.80 Å². The number of ether oxygens (including phenoxy) is 3. The fourth-order valence-corrected chi connectivity index (χ4v) is 9.13. The Bertz CT molecular complexity index is 2350. The smallest absolute Gasteiger partial charge is 1.00 e. The van der Waals surface area contributed by atoms with Crippen LogP contribution >= 0.6 is 7.60 Å². The number of amides is 2. The van der Waals surface area contributed by atoms with Gasteiger partial charge in [0.25, 0.3) is 0 Å². The standard InChI is InChI=1S/C23H26F3NO2.C15H11F3O2.C12H26NO4P.C4H8O.Na.H/c1-15(2)27(16(3)4)22(28)14-19(17-9-7-6-8-10-17)20-13-18(23(24,25)26)11-12-21(20)29-5;1-20-13-8-7-11(15(16,17)18)9-12(13)14(19)10-5-3-2-4-6-10;1-7-16-18(15,17-8-2)9-12(14)13(10(3)4)11(5)6;1-2-4-5-3-1;;/h6-16H,1-5H3;2-9H,1H3;10-11H,7-9H2,1-6H3;1-4H2;;/q;;;;+1;-1. The molecule has 0 aromatic heterocycles. The molecule has 0 atom stereocenters. The zero-order chi connectivity index (χ0) is 54.4. The molecule has 2 amide bonds. The number of halogens is 6. The molecule has 0 saturated carbocycles. The Morgan fingerprint density at radius 2 is 1.03 bits per heavy atom. The minimum Gasteiger partial charge on any atom is -1.00 e. The Kier molecular flexibility index (Phi) is 29.2. The Morgan fingerprint density at radius 3 is 1.38 bits per heavy atom. The van der Waals surface area contributed by atoms with E-state index in [1.807, 2.05) is 55.4 Å². The quantitative estimate of drug-likeness (QED) is 0.0335. The molecule has 0 N–H and O–H groups in total. The summed E-state index contributed by atoms with van der Waals surface area (Å²) in [6.45, 7) is 21.4. The molecular weight excluding hydrogens is 989 g/mol. The van der Waals surface area contributed by atoms with Crippen LogP contribution in [-0.2, 0) is 40.3 Å². The molecule has 1 aliphatic heterocycles. The summed E-state index contributed by atoms with van der Waals surface area (Å²) in [5, 5.41) is 0. The van der Waals surface area contributed by atoms with Crippen molar-refractivity contribution in [3.63, 3.8) is 0 Å². The van der Waals surface area contributed by atoms with Gasteiger partial charge in [0, 0.05) is 54.6 Å². The third kappa shape index (κ3) is 21.7. The van der Waals surface area contributed by atoms with Crippen LogP contribution in [0.1, 0.15) is 122 Å². The van der Waals surface area contributed by atoms with Gasteiger partial charge in [-0.2, -0.15) is 26.3 Å². The number of alkyl halides is 6. The first-order valence-electron chi connectivity index (χ1n) is 23.7. The fourth-order valence-electron chi connectivity index (χ4n) is 7.59. The minimum atomic E-state index is -4.51. The third-order valence-corrected chi connectivity index (χ3v) is 12.5. The second kappa shape index (κ2) is 32.1. The van der Waals surface area contributed by atoms with Gasteiger partial charge in [-0.1, -0.05) is 60.7 Å². The summed E-state index contributed by atoms with van der Waals surface area (Å²) in [4.78, 5) is 40.9. The van der Waals surface area contributed by atoms with Crippen molar-refractivity contribution in [3.05, 3.63) is 137 Å². The number of rotatable bonds is 17. The van der Waals surface area contributed by atoms with Crippen LogP contribution in [0.5, 0.6) is 11.5 Å². The molecule has 0 spiro atoms. The zero-order valence-electron chi connectivity index (χ0n) is 45.4. The number of carbonyl (C=O) groups excluding carboxylic acids is 3. The largest absolute Gasteiger partial charge is 1.00 e. The summed E-state index contributed by atoms with van der Waals surface area (Å²) in [7, 11) is -0.596. The van der Waals surface area contributed by atoms with E-state index in [-0.39, 0.29) is 109 Å². The van der Waals surface area contributed by atoms with Gasteiger partial charge in [0.1, 0.15) is 17.7 Å². The number of methoxy groups -OCH3 is 2. The van der Waals surface area contributed by atoms with Gasteiger partial charge in [-0.3, -0.25) is 18.9 Å². The van der Waals surface area contributed by atoms with Crippen LogP contribution < -0.4 is 39.0 Å². The van der Waals surface area contributed by atoms with E-state index >= 15 is 0 Å². The van der Waals surface area contributed by atoms with E-state index in [0.29, 0.717) is 16.7 Å². The van der Waals surface area contributed by atoms with E-state index in [0.717, 1.165) is 43.5 Å². The normalized spacial score (nSPS) is 12.7. The predicted molar refractivity (Wildman–Crippen MR) is 271 cm³/mol. The minimum absolute atomic E-state index is 0. The first kappa shape index (κ1) is 66.5. The van der Waals surface area contributed by atoms with Crippen molar-refractivity contribution in [2.45, 2.75) is 119 Å². The maximum Gasteiger partial charge on any atom is 1.00 e. The van der Waals surface area contributed by atoms with Crippen LogP contribution in [0.25, 0.3) is 5.57 Å². The van der Waals surface area contributed by atoms with Crippen molar-refractivity contribution in [3.8, 4) is 11.5 Å². The number of hydrogen-bond donors (Lipinski definition) is 0. The molecular formula is C54H72F6N2NaO9P. The maximum absolute atomic E-state index is 13.3. The molecule has 400 valence electrons. The Hall–Kier alpha value is -4.48. The summed E-state index contributed by atoms with van der Waals surface area (Å²) in [6.07, 6.45) is -5.24. The molecule has 1 aliphatic rings. The second-order valence-corrected chi connectivity index (χ2v) is 19.3. The number of nitrogens with zero attached hydrogens (tertiary/aromatic N) is 2. The fraction of sp³-hybridized carbons (Fsp3) is 0.463. The number of hydrogen-bond acceptors (Lipinski definition) is 9. The molecule has 0 unspecified atom stereocenters. The van der Waals surface area contributed by atoms with E-state index in [9.17, 15) is 45.3 Å². The Morgan fingerprint density at radius 1 is 0.630 bits per heavy atom. The molecule has 0 bridgehead atoms. The number of benzene rings is 4. The predicted octanol–water partition coefficient (Wildman–Crippen LogP) is 10.5. The van der Waals surface area contributed by atoms with Gasteiger partial charge in [0.15, 0.2) is 5.78 Å². The van der Waals surface area contributed by atoms with E-state index in [2.05, 4.69) is 0 Å². The van der Waals surface area contributed by atoms with Crippen LogP contribution in [0.3, 0.4) is 0 Å². The summed E-state index contributed by atoms with van der Waals surface area (Å²) in [5.41, 5.74) is -0.242. The summed E-state index contributed by atoms with van der Waals surface area (Å²) in [6, 6.07) is 23.1. The molecule has 0 aliphatic carbocycles. The monoisotopic (exact) mass is 1060 g/mol. The van der Waals surface area contributed by atoms with E-state index in [1.54, 1.807) is 84.3 Å². The van der Waals surface area contributed by atoms with Gasteiger partial charge >= 0.3 is 49.5 Å². The Balaban J connectivity index is 0.00000105. The molecule has 4 aromatic rings. The van der Waals surface area contributed by atoms with Crippen LogP contribution in [0.2, 0.25) is 0 Å². The molecule has 11 nitrogen and oxygen atoms in total. The van der Waals surface area contributed by atoms with Crippen LogP contribution in [0.15, 0.2) is 103 Å². The average molecular weight is 1060 g/mol. The van der Waals surface area contributed by atoms with E-state index < -0.39 is 36.9 Å². The molecule has 4 aromatic carbocycles. The van der Waals surface area contributed by atoms with Crippen LogP contribution in [0.4, 0.5) is 26.3 Å². The van der Waals surface area contributed by atoms with Gasteiger partial charge in [-0.25, -0.2) is 0 Å². The van der Waals surface area contributed by atoms with Crippen molar-refractivity contribution in [2.75, 3.05) is 46.8 Å². The average Bonchev–Trinajstić information content (AvgIpc) is 3.91. The van der Waals surface area contributed by atoms with Gasteiger partial charge < -0.3 is 34.5 Å². The molecule has 1 heterocycles. The molecule has 5 rings (SSSR count). The van der Waals surface area contributed by atoms with E-state index in [1.165, 1.54) is 39.2 Å². The molecule has 1 fully saturated rings. The van der Waals surface area contributed by atoms with Crippen molar-refractivity contribution >= 4 is 30.8 Å². The van der Waals surface area contributed by atoms with Crippen molar-refractivity contribution in [1.29, 1.82) is 0 Å². The molecule has 19 heteroatoms. The molecule has 73 heavy (non-hydrogen) atoms. The van der Waals surface area contributed by atoms with Crippen molar-refractivity contribution < 1.29 is 99.5 Å². The van der Waals surface area contributed by atoms with Gasteiger partial charge in [-0.15, -0.1) is 0 Å². The van der Waals surface area contributed by atoms with Crippen LogP contribution in [-0.4, -0.2) is 98.4 Å². The third-order valence-electron chi connectivity index (χ3n) is 10.6. The summed E-state index contributed by atoms with van der Waals surface area (Å²) in [5.74, 6) is -0.583. The number of ketones is 1. The second-order valence-electron chi connectivity index (χ2n) is 17.3. The maximum atomic E-state index is 13.3. The topological polar surface area (TPSA) is 121 Å². The van der Waals surface area contributed by atoms with Crippen molar-refractivity contribution in [2.24, 2.45) is 0 Å². The summed E-state index contributed by atoms with van der Waals surface area (Å²) < 4.78 is 116. The number of carbonyl (C=O) groups is 3. The van der Waals surface area contributed by atoms with Crippen LogP contribution in [0, 0.1) is 0 Å². The first-order chi connectivity index (χ1) is 33.8. The van der Waals surface area contributed by atoms with Gasteiger partial charge in [-0.05, 0) is 130 Å².